The van der Waals surface area contributed by atoms with E-state index in [4.69, 9.17) is 4.74 Å². The van der Waals surface area contributed by atoms with E-state index in [2.05, 4.69) is 33.2 Å². The van der Waals surface area contributed by atoms with E-state index in [1.165, 1.54) is 7.05 Å². The highest BCUT2D eigenvalue weighted by atomic mass is 79.9. The van der Waals surface area contributed by atoms with E-state index in [1.54, 1.807) is 0 Å². The highest BCUT2D eigenvalue weighted by molar-refractivity contribution is 9.10. The van der Waals surface area contributed by atoms with E-state index in [1.807, 2.05) is 21.9 Å². The van der Waals surface area contributed by atoms with Crippen molar-refractivity contribution in [3.63, 3.8) is 0 Å². The number of nitrogens with zero attached hydrogens (tertiary/aromatic N) is 5. The molecule has 8 nitrogen and oxygen atoms in total. The first-order valence-corrected chi connectivity index (χ1v) is 15.2. The number of hydrogen-bond donors (Lipinski definition) is 0. The molecule has 11 heteroatoms. The number of benzene rings is 1. The molecule has 0 radical (unpaired) electrons. The SMILES string of the molecule is C[C@H]1CCCC[C@H]1C(=O)N1CCc2c(Br)ccc(OCc3nnn(C)c3C(F)F)c2[C@H]1CN1CC2(CC2)CC1=O. The van der Waals surface area contributed by atoms with Crippen molar-refractivity contribution in [2.24, 2.45) is 24.3 Å². The maximum atomic E-state index is 14.1. The third kappa shape index (κ3) is 5.03. The van der Waals surface area contributed by atoms with E-state index >= 15 is 0 Å². The molecule has 1 spiro atoms. The zero-order chi connectivity index (χ0) is 28.2. The molecule has 6 rings (SSSR count). The minimum absolute atomic E-state index is 0.0356. The fourth-order valence-corrected chi connectivity index (χ4v) is 7.59. The van der Waals surface area contributed by atoms with Gasteiger partial charge in [0.2, 0.25) is 11.8 Å². The molecule has 0 N–H and O–H groups in total. The average Bonchev–Trinajstić information content (AvgIpc) is 3.45. The molecule has 2 amide bonds. The summed E-state index contributed by atoms with van der Waals surface area (Å²) in [6, 6.07) is 3.34. The zero-order valence-corrected chi connectivity index (χ0v) is 24.6. The number of ether oxygens (including phenoxy) is 1. The minimum Gasteiger partial charge on any atom is -0.487 e. The van der Waals surface area contributed by atoms with Gasteiger partial charge < -0.3 is 14.5 Å². The zero-order valence-electron chi connectivity index (χ0n) is 23.0. The van der Waals surface area contributed by atoms with E-state index in [0.29, 0.717) is 37.6 Å². The highest BCUT2D eigenvalue weighted by Gasteiger charge is 2.52. The molecule has 216 valence electrons. The molecule has 1 aromatic carbocycles. The van der Waals surface area contributed by atoms with Crippen LogP contribution in [0, 0.1) is 17.3 Å². The van der Waals surface area contributed by atoms with Crippen LogP contribution < -0.4 is 4.74 Å². The van der Waals surface area contributed by atoms with Gasteiger partial charge >= 0.3 is 0 Å². The van der Waals surface area contributed by atoms with Gasteiger partial charge in [0.15, 0.2) is 0 Å². The monoisotopic (exact) mass is 619 g/mol. The first kappa shape index (κ1) is 27.6. The summed E-state index contributed by atoms with van der Waals surface area (Å²) in [5.74, 6) is 1.09. The summed E-state index contributed by atoms with van der Waals surface area (Å²) in [4.78, 5) is 31.2. The molecule has 2 saturated carbocycles. The molecule has 3 heterocycles. The molecule has 4 aliphatic rings. The smallest absolute Gasteiger partial charge is 0.282 e. The molecule has 0 unspecified atom stereocenters. The lowest BCUT2D eigenvalue weighted by Gasteiger charge is -2.43. The van der Waals surface area contributed by atoms with Crippen molar-refractivity contribution in [3.05, 3.63) is 39.1 Å². The third-order valence-corrected chi connectivity index (χ3v) is 10.3. The summed E-state index contributed by atoms with van der Waals surface area (Å²) in [6.45, 7) is 3.69. The molecule has 1 saturated heterocycles. The standard InChI is InChI=1S/C29H36BrF2N5O3/c1-17-5-3-4-6-18(17)28(39)37-12-9-19-20(30)7-8-23(40-15-21-26(27(31)32)35(2)34-33-21)25(19)22(37)14-36-16-29(10-11-29)13-24(36)38/h7-8,17-18,22,27H,3-6,9-16H2,1-2H3/t17-,18+,22+/m0/s1. The number of carbonyl (C=O) groups is 2. The van der Waals surface area contributed by atoms with Gasteiger partial charge in [-0.3, -0.25) is 9.59 Å². The Morgan fingerprint density at radius 3 is 2.73 bits per heavy atom. The van der Waals surface area contributed by atoms with Crippen molar-refractivity contribution in [2.75, 3.05) is 19.6 Å². The number of hydrogen-bond acceptors (Lipinski definition) is 5. The van der Waals surface area contributed by atoms with Gasteiger partial charge in [0.05, 0.1) is 6.04 Å². The first-order chi connectivity index (χ1) is 19.2. The van der Waals surface area contributed by atoms with Crippen LogP contribution in [0.4, 0.5) is 8.78 Å². The van der Waals surface area contributed by atoms with Gasteiger partial charge in [0, 0.05) is 49.1 Å². The summed E-state index contributed by atoms with van der Waals surface area (Å²) in [5, 5.41) is 7.67. The maximum Gasteiger partial charge on any atom is 0.282 e. The van der Waals surface area contributed by atoms with Gasteiger partial charge in [0.25, 0.3) is 6.43 Å². The quantitative estimate of drug-likeness (QED) is 0.417. The molecule has 2 aliphatic heterocycles. The Hall–Kier alpha value is -2.56. The number of aryl methyl sites for hydroxylation is 1. The molecule has 0 bridgehead atoms. The number of rotatable bonds is 7. The Morgan fingerprint density at radius 1 is 1.25 bits per heavy atom. The summed E-state index contributed by atoms with van der Waals surface area (Å²) in [5.41, 5.74) is 1.79. The Labute approximate surface area is 241 Å². The molecular formula is C29H36BrF2N5O3. The van der Waals surface area contributed by atoms with Crippen LogP contribution in [-0.2, 0) is 29.7 Å². The van der Waals surface area contributed by atoms with Gasteiger partial charge in [-0.1, -0.05) is 40.9 Å². The first-order valence-electron chi connectivity index (χ1n) is 14.4. The number of halogens is 3. The number of alkyl halides is 2. The topological polar surface area (TPSA) is 80.6 Å². The van der Waals surface area contributed by atoms with Gasteiger partial charge in [-0.2, -0.15) is 0 Å². The van der Waals surface area contributed by atoms with Crippen LogP contribution in [0.15, 0.2) is 16.6 Å². The Kier molecular flexibility index (Phi) is 7.37. The average molecular weight is 621 g/mol. The third-order valence-electron chi connectivity index (χ3n) is 9.55. The van der Waals surface area contributed by atoms with Crippen LogP contribution in [0.3, 0.4) is 0 Å². The van der Waals surface area contributed by atoms with Crippen molar-refractivity contribution < 1.29 is 23.1 Å². The maximum absolute atomic E-state index is 14.1. The lowest BCUT2D eigenvalue weighted by Crippen LogP contribution is -2.49. The van der Waals surface area contributed by atoms with Crippen molar-refractivity contribution >= 4 is 27.7 Å². The number of carbonyl (C=O) groups excluding carboxylic acids is 2. The van der Waals surface area contributed by atoms with E-state index in [-0.39, 0.29) is 47.2 Å². The normalized spacial score (nSPS) is 25.6. The Bertz CT molecular complexity index is 1310. The number of likely N-dealkylation sites (tertiary alicyclic amines) is 1. The number of amides is 2. The molecule has 40 heavy (non-hydrogen) atoms. The summed E-state index contributed by atoms with van der Waals surface area (Å²) in [7, 11) is 1.44. The molecule has 3 atom stereocenters. The predicted molar refractivity (Wildman–Crippen MR) is 147 cm³/mol. The second-order valence-corrected chi connectivity index (χ2v) is 13.0. The number of fused-ring (bicyclic) bond motifs is 1. The summed E-state index contributed by atoms with van der Waals surface area (Å²) >= 11 is 3.71. The van der Waals surface area contributed by atoms with Crippen LogP contribution in [0.1, 0.15) is 86.9 Å². The van der Waals surface area contributed by atoms with Crippen molar-refractivity contribution in [2.45, 2.75) is 77.4 Å². The Balaban J connectivity index is 1.35. The van der Waals surface area contributed by atoms with Crippen LogP contribution >= 0.6 is 15.9 Å². The molecule has 2 aromatic rings. The predicted octanol–water partition coefficient (Wildman–Crippen LogP) is 5.36. The lowest BCUT2D eigenvalue weighted by atomic mass is 9.78. The van der Waals surface area contributed by atoms with Gasteiger partial charge in [-0.15, -0.1) is 5.10 Å². The van der Waals surface area contributed by atoms with Gasteiger partial charge in [-0.05, 0) is 61.1 Å². The van der Waals surface area contributed by atoms with Crippen molar-refractivity contribution in [1.82, 2.24) is 24.8 Å². The van der Waals surface area contributed by atoms with Crippen LogP contribution in [0.5, 0.6) is 5.75 Å². The molecular weight excluding hydrogens is 584 g/mol. The highest BCUT2D eigenvalue weighted by Crippen LogP contribution is 2.54. The largest absolute Gasteiger partial charge is 0.487 e. The van der Waals surface area contributed by atoms with E-state index in [0.717, 1.165) is 65.4 Å². The molecule has 1 aromatic heterocycles. The summed E-state index contributed by atoms with van der Waals surface area (Å²) in [6.07, 6.45) is 4.75. The minimum atomic E-state index is -2.73. The summed E-state index contributed by atoms with van der Waals surface area (Å²) < 4.78 is 35.5. The van der Waals surface area contributed by atoms with Crippen LogP contribution in [-0.4, -0.2) is 56.2 Å². The second kappa shape index (κ2) is 10.7. The van der Waals surface area contributed by atoms with Crippen molar-refractivity contribution in [1.29, 1.82) is 0 Å². The van der Waals surface area contributed by atoms with Crippen LogP contribution in [0.2, 0.25) is 0 Å². The number of aromatic nitrogens is 3. The van der Waals surface area contributed by atoms with Gasteiger partial charge in [-0.25, -0.2) is 13.5 Å². The second-order valence-electron chi connectivity index (χ2n) is 12.2. The fraction of sp³-hybridized carbons (Fsp3) is 0.655. The lowest BCUT2D eigenvalue weighted by molar-refractivity contribution is -0.143. The molecule has 2 aliphatic carbocycles. The Morgan fingerprint density at radius 2 is 2.02 bits per heavy atom. The van der Waals surface area contributed by atoms with Gasteiger partial charge in [0.1, 0.15) is 23.7 Å². The molecule has 3 fully saturated rings. The van der Waals surface area contributed by atoms with E-state index in [9.17, 15) is 18.4 Å². The van der Waals surface area contributed by atoms with Crippen molar-refractivity contribution in [3.8, 4) is 5.75 Å². The van der Waals surface area contributed by atoms with E-state index < -0.39 is 6.43 Å². The fourth-order valence-electron chi connectivity index (χ4n) is 7.05. The van der Waals surface area contributed by atoms with Crippen LogP contribution in [0.25, 0.3) is 0 Å².